The second-order valence-electron chi connectivity index (χ2n) is 7.83. The number of carbonyl (C=O) groups is 1. The zero-order chi connectivity index (χ0) is 21.5. The molecule has 2 aromatic rings. The molecule has 5 heteroatoms. The number of nitrogens with zero attached hydrogens (tertiary/aromatic N) is 1. The Bertz CT molecular complexity index is 858. The third-order valence-corrected chi connectivity index (χ3v) is 5.90. The number of methoxy groups -OCH3 is 2. The highest BCUT2D eigenvalue weighted by molar-refractivity contribution is 5.98. The summed E-state index contributed by atoms with van der Waals surface area (Å²) in [6.07, 6.45) is 5.56. The second-order valence-corrected chi connectivity index (χ2v) is 7.83. The lowest BCUT2D eigenvalue weighted by molar-refractivity contribution is -0.115. The van der Waals surface area contributed by atoms with E-state index in [0.717, 1.165) is 66.6 Å². The number of nitrogens with one attached hydrogen (secondary N) is 1. The smallest absolute Gasteiger partial charge is 0.137 e. The summed E-state index contributed by atoms with van der Waals surface area (Å²) in [6.45, 7) is 2.73. The fourth-order valence-corrected chi connectivity index (χ4v) is 4.44. The molecular weight excluding hydrogens is 376 g/mol. The zero-order valence-electron chi connectivity index (χ0n) is 18.2. The van der Waals surface area contributed by atoms with Crippen LogP contribution in [-0.4, -0.2) is 37.2 Å². The number of rotatable bonds is 9. The van der Waals surface area contributed by atoms with Crippen molar-refractivity contribution < 1.29 is 14.3 Å². The van der Waals surface area contributed by atoms with Gasteiger partial charge in [0.05, 0.1) is 25.8 Å². The molecule has 160 valence electrons. The van der Waals surface area contributed by atoms with Gasteiger partial charge in [0.1, 0.15) is 17.8 Å². The maximum Gasteiger partial charge on any atom is 0.137 e. The molecular formula is C25H32N2O3. The number of hydrogen-bond donors (Lipinski definition) is 1. The third-order valence-electron chi connectivity index (χ3n) is 5.90. The Balaban J connectivity index is 1.97. The lowest BCUT2D eigenvalue weighted by Gasteiger charge is -2.41. The molecule has 1 aliphatic rings. The van der Waals surface area contributed by atoms with Gasteiger partial charge in [0.2, 0.25) is 0 Å². The van der Waals surface area contributed by atoms with Crippen LogP contribution in [-0.2, 0) is 11.3 Å². The number of likely N-dealkylation sites (tertiary alicyclic amines) is 1. The van der Waals surface area contributed by atoms with Gasteiger partial charge in [0, 0.05) is 18.3 Å². The van der Waals surface area contributed by atoms with Crippen molar-refractivity contribution in [2.45, 2.75) is 57.7 Å². The predicted octanol–water partition coefficient (Wildman–Crippen LogP) is 5.17. The molecule has 2 unspecified atom stereocenters. The molecule has 3 rings (SSSR count). The zero-order valence-corrected chi connectivity index (χ0v) is 18.2. The lowest BCUT2D eigenvalue weighted by atomic mass is 9.89. The largest absolute Gasteiger partial charge is 0.496 e. The molecule has 1 heterocycles. The van der Waals surface area contributed by atoms with Gasteiger partial charge in [0.15, 0.2) is 0 Å². The van der Waals surface area contributed by atoms with E-state index in [0.29, 0.717) is 12.3 Å². The van der Waals surface area contributed by atoms with Gasteiger partial charge in [-0.05, 0) is 55.0 Å². The first-order chi connectivity index (χ1) is 14.6. The molecule has 0 saturated carbocycles. The Morgan fingerprint density at radius 1 is 1.13 bits per heavy atom. The van der Waals surface area contributed by atoms with Gasteiger partial charge < -0.3 is 19.7 Å². The molecule has 5 nitrogen and oxygen atoms in total. The van der Waals surface area contributed by atoms with Crippen molar-refractivity contribution in [1.82, 2.24) is 4.90 Å². The molecule has 1 saturated heterocycles. The summed E-state index contributed by atoms with van der Waals surface area (Å²) in [4.78, 5) is 14.2. The molecule has 0 radical (unpaired) electrons. The molecule has 2 aromatic carbocycles. The number of piperidine rings is 1. The quantitative estimate of drug-likeness (QED) is 0.459. The van der Waals surface area contributed by atoms with Crippen LogP contribution in [0.4, 0.5) is 0 Å². The Morgan fingerprint density at radius 2 is 1.83 bits per heavy atom. The van der Waals surface area contributed by atoms with Crippen LogP contribution >= 0.6 is 0 Å². The Kier molecular flexibility index (Phi) is 7.63. The monoisotopic (exact) mass is 408 g/mol. The Morgan fingerprint density at radius 3 is 2.47 bits per heavy atom. The third kappa shape index (κ3) is 4.73. The average Bonchev–Trinajstić information content (AvgIpc) is 2.79. The molecule has 0 bridgehead atoms. The normalized spacial score (nSPS) is 19.3. The summed E-state index contributed by atoms with van der Waals surface area (Å²) in [7, 11) is 3.34. The van der Waals surface area contributed by atoms with Crippen molar-refractivity contribution in [3.63, 3.8) is 0 Å². The molecule has 30 heavy (non-hydrogen) atoms. The van der Waals surface area contributed by atoms with Crippen molar-refractivity contribution in [2.24, 2.45) is 0 Å². The number of aldehydes is 1. The first-order valence-corrected chi connectivity index (χ1v) is 10.7. The van der Waals surface area contributed by atoms with Crippen LogP contribution in [0.25, 0.3) is 0 Å². The Labute approximate surface area is 179 Å². The van der Waals surface area contributed by atoms with Gasteiger partial charge in [-0.2, -0.15) is 0 Å². The van der Waals surface area contributed by atoms with Crippen LogP contribution in [0.5, 0.6) is 11.5 Å². The van der Waals surface area contributed by atoms with E-state index in [1.807, 2.05) is 30.3 Å². The van der Waals surface area contributed by atoms with Crippen molar-refractivity contribution in [2.75, 3.05) is 14.2 Å². The maximum absolute atomic E-state index is 12.0. The van der Waals surface area contributed by atoms with Crippen molar-refractivity contribution in [1.29, 1.82) is 5.41 Å². The van der Waals surface area contributed by atoms with Crippen LogP contribution < -0.4 is 9.47 Å². The molecule has 1 N–H and O–H groups in total. The molecule has 0 amide bonds. The standard InChI is InChI=1S/C25H32N2O3/c1-4-8-21(26)19-10-5-9-18(15-19)16-27-20(17-28)11-6-12-22(27)25-23(29-2)13-7-14-24(25)30-3/h5,7,9-10,13-15,17,20,22,26H,4,6,8,11-12,16H2,1-3H3. The van der Waals surface area contributed by atoms with Gasteiger partial charge >= 0.3 is 0 Å². The van der Waals surface area contributed by atoms with E-state index in [1.165, 1.54) is 0 Å². The van der Waals surface area contributed by atoms with Crippen LogP contribution in [0.2, 0.25) is 0 Å². The fourth-order valence-electron chi connectivity index (χ4n) is 4.44. The average molecular weight is 409 g/mol. The molecule has 1 aliphatic heterocycles. The van der Waals surface area contributed by atoms with E-state index < -0.39 is 0 Å². The highest BCUT2D eigenvalue weighted by Gasteiger charge is 2.34. The molecule has 0 aliphatic carbocycles. The summed E-state index contributed by atoms with van der Waals surface area (Å²) in [5.41, 5.74) is 3.73. The molecule has 0 spiro atoms. The number of carbonyl (C=O) groups excluding carboxylic acids is 1. The van der Waals surface area contributed by atoms with E-state index in [1.54, 1.807) is 14.2 Å². The molecule has 2 atom stereocenters. The summed E-state index contributed by atoms with van der Waals surface area (Å²) in [5.74, 6) is 1.57. The molecule has 1 fully saturated rings. The van der Waals surface area contributed by atoms with Crippen LogP contribution in [0.3, 0.4) is 0 Å². The Hall–Kier alpha value is -2.66. The van der Waals surface area contributed by atoms with E-state index in [2.05, 4.69) is 24.0 Å². The van der Waals surface area contributed by atoms with Crippen molar-refractivity contribution in [3.8, 4) is 11.5 Å². The minimum Gasteiger partial charge on any atom is -0.496 e. The fraction of sp³-hybridized carbons (Fsp3) is 0.440. The van der Waals surface area contributed by atoms with Crippen molar-refractivity contribution >= 4 is 12.0 Å². The van der Waals surface area contributed by atoms with E-state index in [-0.39, 0.29) is 12.1 Å². The van der Waals surface area contributed by atoms with Gasteiger partial charge in [-0.15, -0.1) is 0 Å². The van der Waals surface area contributed by atoms with E-state index in [4.69, 9.17) is 14.9 Å². The topological polar surface area (TPSA) is 62.6 Å². The first kappa shape index (κ1) is 22.0. The van der Waals surface area contributed by atoms with Gasteiger partial charge in [-0.25, -0.2) is 0 Å². The van der Waals surface area contributed by atoms with Crippen LogP contribution in [0.15, 0.2) is 42.5 Å². The van der Waals surface area contributed by atoms with Gasteiger partial charge in [-0.1, -0.05) is 37.6 Å². The summed E-state index contributed by atoms with van der Waals surface area (Å²) >= 11 is 0. The number of ether oxygens (including phenoxy) is 2. The van der Waals surface area contributed by atoms with Gasteiger partial charge in [0.25, 0.3) is 0 Å². The summed E-state index contributed by atoms with van der Waals surface area (Å²) < 4.78 is 11.3. The second kappa shape index (κ2) is 10.4. The number of hydrogen-bond acceptors (Lipinski definition) is 5. The van der Waals surface area contributed by atoms with Crippen LogP contribution in [0, 0.1) is 5.41 Å². The van der Waals surface area contributed by atoms with Crippen LogP contribution in [0.1, 0.15) is 61.8 Å². The molecule has 0 aromatic heterocycles. The van der Waals surface area contributed by atoms with E-state index in [9.17, 15) is 4.79 Å². The predicted molar refractivity (Wildman–Crippen MR) is 120 cm³/mol. The lowest BCUT2D eigenvalue weighted by Crippen LogP contribution is -2.42. The SMILES string of the molecule is CCCC(=N)c1cccc(CN2C(C=O)CCCC2c2c(OC)cccc2OC)c1. The summed E-state index contributed by atoms with van der Waals surface area (Å²) in [5, 5.41) is 8.30. The highest BCUT2D eigenvalue weighted by Crippen LogP contribution is 2.43. The van der Waals surface area contributed by atoms with Gasteiger partial charge in [-0.3, -0.25) is 4.90 Å². The maximum atomic E-state index is 12.0. The first-order valence-electron chi connectivity index (χ1n) is 10.7. The highest BCUT2D eigenvalue weighted by atomic mass is 16.5. The van der Waals surface area contributed by atoms with Crippen molar-refractivity contribution in [3.05, 3.63) is 59.2 Å². The minimum absolute atomic E-state index is 0.0267. The summed E-state index contributed by atoms with van der Waals surface area (Å²) in [6, 6.07) is 13.9. The van der Waals surface area contributed by atoms with E-state index >= 15 is 0 Å². The minimum atomic E-state index is -0.155. The number of benzene rings is 2.